The van der Waals surface area contributed by atoms with E-state index in [1.54, 1.807) is 26.4 Å². The summed E-state index contributed by atoms with van der Waals surface area (Å²) in [7, 11) is 3.12. The quantitative estimate of drug-likeness (QED) is 0.848. The predicted molar refractivity (Wildman–Crippen MR) is 83.9 cm³/mol. The molecule has 0 aromatic heterocycles. The van der Waals surface area contributed by atoms with Crippen LogP contribution in [0, 0.1) is 5.92 Å². The number of hydrogen-bond donors (Lipinski definition) is 0. The second kappa shape index (κ2) is 7.19. The van der Waals surface area contributed by atoms with Gasteiger partial charge in [0, 0.05) is 19.0 Å². The molecule has 1 aromatic rings. The third kappa shape index (κ3) is 3.28. The van der Waals surface area contributed by atoms with Crippen molar-refractivity contribution < 1.29 is 23.7 Å². The molecule has 2 aliphatic heterocycles. The molecule has 6 nitrogen and oxygen atoms in total. The van der Waals surface area contributed by atoms with E-state index in [1.165, 1.54) is 0 Å². The standard InChI is InChI=1S/C17H23NO5/c1-20-14-5-3-4-13(15(14)21-2)16(19)18-8-6-12(7-9-18)17-22-10-11-23-17/h3-5,12,17H,6-11H2,1-2H3. The average molecular weight is 321 g/mol. The van der Waals surface area contributed by atoms with Gasteiger partial charge < -0.3 is 23.8 Å². The zero-order chi connectivity index (χ0) is 16.2. The Bertz CT molecular complexity index is 548. The summed E-state index contributed by atoms with van der Waals surface area (Å²) >= 11 is 0. The summed E-state index contributed by atoms with van der Waals surface area (Å²) in [5.41, 5.74) is 0.540. The Morgan fingerprint density at radius 2 is 1.83 bits per heavy atom. The van der Waals surface area contributed by atoms with Crippen LogP contribution in [0.4, 0.5) is 0 Å². The zero-order valence-corrected chi connectivity index (χ0v) is 13.6. The Balaban J connectivity index is 1.67. The Kier molecular flexibility index (Phi) is 5.03. The van der Waals surface area contributed by atoms with Crippen LogP contribution in [-0.2, 0) is 9.47 Å². The van der Waals surface area contributed by atoms with Crippen molar-refractivity contribution in [3.05, 3.63) is 23.8 Å². The molecule has 0 radical (unpaired) electrons. The van der Waals surface area contributed by atoms with Gasteiger partial charge in [-0.3, -0.25) is 4.79 Å². The van der Waals surface area contributed by atoms with Crippen molar-refractivity contribution in [3.8, 4) is 11.5 Å². The molecule has 2 aliphatic rings. The third-order valence-electron chi connectivity index (χ3n) is 4.49. The molecule has 2 heterocycles. The number of para-hydroxylation sites is 1. The predicted octanol–water partition coefficient (Wildman–Crippen LogP) is 1.93. The largest absolute Gasteiger partial charge is 0.493 e. The number of carbonyl (C=O) groups is 1. The van der Waals surface area contributed by atoms with Crippen LogP contribution in [-0.4, -0.2) is 57.6 Å². The van der Waals surface area contributed by atoms with Crippen LogP contribution >= 0.6 is 0 Å². The number of piperidine rings is 1. The van der Waals surface area contributed by atoms with Crippen LogP contribution in [0.5, 0.6) is 11.5 Å². The van der Waals surface area contributed by atoms with Crippen molar-refractivity contribution in [3.63, 3.8) is 0 Å². The van der Waals surface area contributed by atoms with E-state index >= 15 is 0 Å². The summed E-state index contributed by atoms with van der Waals surface area (Å²) in [4.78, 5) is 14.7. The van der Waals surface area contributed by atoms with Crippen molar-refractivity contribution in [1.29, 1.82) is 0 Å². The first-order chi connectivity index (χ1) is 11.2. The van der Waals surface area contributed by atoms with E-state index in [-0.39, 0.29) is 12.2 Å². The summed E-state index contributed by atoms with van der Waals surface area (Å²) in [5.74, 6) is 1.41. The lowest BCUT2D eigenvalue weighted by Gasteiger charge is -2.34. The van der Waals surface area contributed by atoms with Crippen LogP contribution in [0.25, 0.3) is 0 Å². The Morgan fingerprint density at radius 1 is 1.13 bits per heavy atom. The Labute approximate surface area is 136 Å². The monoisotopic (exact) mass is 321 g/mol. The van der Waals surface area contributed by atoms with E-state index in [9.17, 15) is 4.79 Å². The first kappa shape index (κ1) is 16.1. The highest BCUT2D eigenvalue weighted by atomic mass is 16.7. The first-order valence-corrected chi connectivity index (χ1v) is 7.98. The molecule has 0 atom stereocenters. The molecule has 0 N–H and O–H groups in total. The van der Waals surface area contributed by atoms with Gasteiger partial charge in [0.25, 0.3) is 5.91 Å². The number of nitrogens with zero attached hydrogens (tertiary/aromatic N) is 1. The van der Waals surface area contributed by atoms with Crippen LogP contribution in [0.1, 0.15) is 23.2 Å². The smallest absolute Gasteiger partial charge is 0.257 e. The van der Waals surface area contributed by atoms with Crippen molar-refractivity contribution in [2.75, 3.05) is 40.5 Å². The van der Waals surface area contributed by atoms with Gasteiger partial charge in [-0.1, -0.05) is 6.07 Å². The van der Waals surface area contributed by atoms with Crippen LogP contribution in [0.2, 0.25) is 0 Å². The molecule has 2 fully saturated rings. The third-order valence-corrected chi connectivity index (χ3v) is 4.49. The minimum absolute atomic E-state index is 0.0209. The highest BCUT2D eigenvalue weighted by Gasteiger charge is 2.32. The SMILES string of the molecule is COc1cccc(C(=O)N2CCC(C3OCCO3)CC2)c1OC. The zero-order valence-electron chi connectivity index (χ0n) is 13.6. The molecule has 1 amide bonds. The first-order valence-electron chi connectivity index (χ1n) is 7.98. The Hall–Kier alpha value is -1.79. The number of amides is 1. The minimum atomic E-state index is -0.0985. The molecular formula is C17H23NO5. The molecule has 0 saturated carbocycles. The van der Waals surface area contributed by atoms with Gasteiger partial charge in [0.15, 0.2) is 17.8 Å². The van der Waals surface area contributed by atoms with Gasteiger partial charge in [-0.15, -0.1) is 0 Å². The van der Waals surface area contributed by atoms with Crippen LogP contribution in [0.15, 0.2) is 18.2 Å². The lowest BCUT2D eigenvalue weighted by atomic mass is 9.95. The van der Waals surface area contributed by atoms with Gasteiger partial charge in [-0.25, -0.2) is 0 Å². The normalized spacial score (nSPS) is 19.8. The molecule has 3 rings (SSSR count). The highest BCUT2D eigenvalue weighted by molar-refractivity contribution is 5.97. The summed E-state index contributed by atoms with van der Waals surface area (Å²) in [5, 5.41) is 0. The summed E-state index contributed by atoms with van der Waals surface area (Å²) in [6.45, 7) is 2.75. The number of carbonyl (C=O) groups excluding carboxylic acids is 1. The molecule has 1 aromatic carbocycles. The van der Waals surface area contributed by atoms with Crippen molar-refractivity contribution in [1.82, 2.24) is 4.90 Å². The lowest BCUT2D eigenvalue weighted by Crippen LogP contribution is -2.41. The molecule has 0 unspecified atom stereocenters. The van der Waals surface area contributed by atoms with Gasteiger partial charge in [0.2, 0.25) is 0 Å². The van der Waals surface area contributed by atoms with Crippen molar-refractivity contribution in [2.24, 2.45) is 5.92 Å². The topological polar surface area (TPSA) is 57.2 Å². The fourth-order valence-corrected chi connectivity index (χ4v) is 3.25. The molecule has 0 spiro atoms. The maximum Gasteiger partial charge on any atom is 0.257 e. The van der Waals surface area contributed by atoms with Crippen molar-refractivity contribution in [2.45, 2.75) is 19.1 Å². The maximum absolute atomic E-state index is 12.8. The number of methoxy groups -OCH3 is 2. The van der Waals surface area contributed by atoms with Gasteiger partial charge in [0.05, 0.1) is 33.0 Å². The lowest BCUT2D eigenvalue weighted by molar-refractivity contribution is -0.0956. The number of benzene rings is 1. The van der Waals surface area contributed by atoms with Gasteiger partial charge in [-0.05, 0) is 25.0 Å². The number of ether oxygens (including phenoxy) is 4. The molecule has 126 valence electrons. The van der Waals surface area contributed by atoms with E-state index in [4.69, 9.17) is 18.9 Å². The van der Waals surface area contributed by atoms with Gasteiger partial charge >= 0.3 is 0 Å². The van der Waals surface area contributed by atoms with E-state index in [1.807, 2.05) is 11.0 Å². The number of hydrogen-bond acceptors (Lipinski definition) is 5. The average Bonchev–Trinajstić information content (AvgIpc) is 3.15. The van der Waals surface area contributed by atoms with E-state index in [2.05, 4.69) is 0 Å². The van der Waals surface area contributed by atoms with Gasteiger partial charge in [-0.2, -0.15) is 0 Å². The number of rotatable bonds is 4. The summed E-state index contributed by atoms with van der Waals surface area (Å²) < 4.78 is 21.8. The van der Waals surface area contributed by atoms with Crippen LogP contribution < -0.4 is 9.47 Å². The summed E-state index contributed by atoms with van der Waals surface area (Å²) in [6.07, 6.45) is 1.68. The second-order valence-corrected chi connectivity index (χ2v) is 5.78. The van der Waals surface area contributed by atoms with Crippen LogP contribution in [0.3, 0.4) is 0 Å². The fourth-order valence-electron chi connectivity index (χ4n) is 3.25. The second-order valence-electron chi connectivity index (χ2n) is 5.78. The molecule has 0 bridgehead atoms. The molecular weight excluding hydrogens is 298 g/mol. The molecule has 2 saturated heterocycles. The molecule has 0 aliphatic carbocycles. The number of likely N-dealkylation sites (tertiary alicyclic amines) is 1. The fraction of sp³-hybridized carbons (Fsp3) is 0.588. The van der Waals surface area contributed by atoms with E-state index in [0.29, 0.717) is 49.3 Å². The molecule has 23 heavy (non-hydrogen) atoms. The van der Waals surface area contributed by atoms with Crippen molar-refractivity contribution >= 4 is 5.91 Å². The van der Waals surface area contributed by atoms with E-state index < -0.39 is 0 Å². The van der Waals surface area contributed by atoms with Gasteiger partial charge in [0.1, 0.15) is 0 Å². The highest BCUT2D eigenvalue weighted by Crippen LogP contribution is 2.33. The maximum atomic E-state index is 12.8. The Morgan fingerprint density at radius 3 is 2.43 bits per heavy atom. The molecule has 6 heteroatoms. The van der Waals surface area contributed by atoms with E-state index in [0.717, 1.165) is 12.8 Å². The minimum Gasteiger partial charge on any atom is -0.493 e. The summed E-state index contributed by atoms with van der Waals surface area (Å²) in [6, 6.07) is 5.37.